The fourth-order valence-corrected chi connectivity index (χ4v) is 2.80. The number of amides is 1. The maximum atomic E-state index is 12.3. The van der Waals surface area contributed by atoms with Gasteiger partial charge in [0.2, 0.25) is 0 Å². The summed E-state index contributed by atoms with van der Waals surface area (Å²) in [4.78, 5) is 38.0. The second kappa shape index (κ2) is 7.03. The summed E-state index contributed by atoms with van der Waals surface area (Å²) in [6.45, 7) is 3.07. The van der Waals surface area contributed by atoms with Gasteiger partial charge in [-0.15, -0.1) is 0 Å². The minimum atomic E-state index is -0.562. The van der Waals surface area contributed by atoms with Crippen LogP contribution in [-0.2, 0) is 9.59 Å². The molecule has 0 saturated carbocycles. The van der Waals surface area contributed by atoms with Crippen LogP contribution < -0.4 is 15.1 Å². The van der Waals surface area contributed by atoms with Crippen molar-refractivity contribution in [2.24, 2.45) is 0 Å². The first-order valence-corrected chi connectivity index (χ1v) is 7.89. The van der Waals surface area contributed by atoms with E-state index in [1.54, 1.807) is 4.90 Å². The van der Waals surface area contributed by atoms with Crippen LogP contribution >= 0.6 is 0 Å². The molecule has 10 nitrogen and oxygen atoms in total. The standard InChI is InChI=1S/C15H19N5O5/c1-17-4-6-19(7-5-17)16-14(21)9-18-10-15(22)25-13-8-11(20(23)24)2-3-12(13)18/h2-3,8H,4-7,9-10H2,1H3,(H,16,21). The molecule has 1 aromatic rings. The first-order chi connectivity index (χ1) is 11.9. The van der Waals surface area contributed by atoms with E-state index in [0.717, 1.165) is 26.2 Å². The van der Waals surface area contributed by atoms with Crippen molar-refractivity contribution >= 4 is 23.3 Å². The molecule has 2 heterocycles. The van der Waals surface area contributed by atoms with Gasteiger partial charge in [0.05, 0.1) is 23.2 Å². The van der Waals surface area contributed by atoms with Crippen molar-refractivity contribution in [3.8, 4) is 5.75 Å². The smallest absolute Gasteiger partial charge is 0.331 e. The van der Waals surface area contributed by atoms with Gasteiger partial charge in [0.25, 0.3) is 11.6 Å². The van der Waals surface area contributed by atoms with Crippen LogP contribution in [0.25, 0.3) is 0 Å². The number of hydrogen-bond donors (Lipinski definition) is 1. The third kappa shape index (κ3) is 4.03. The van der Waals surface area contributed by atoms with E-state index in [1.165, 1.54) is 18.2 Å². The van der Waals surface area contributed by atoms with Gasteiger partial charge in [-0.3, -0.25) is 20.3 Å². The van der Waals surface area contributed by atoms with Crippen molar-refractivity contribution in [2.75, 3.05) is 51.2 Å². The molecule has 1 amide bonds. The number of fused-ring (bicyclic) bond motifs is 1. The number of hydrogen-bond acceptors (Lipinski definition) is 8. The van der Waals surface area contributed by atoms with Gasteiger partial charge in [0.15, 0.2) is 5.75 Å². The largest absolute Gasteiger partial charge is 0.423 e. The monoisotopic (exact) mass is 349 g/mol. The summed E-state index contributed by atoms with van der Waals surface area (Å²) in [5, 5.41) is 12.7. The number of nitrogens with zero attached hydrogens (tertiary/aromatic N) is 4. The van der Waals surface area contributed by atoms with Crippen LogP contribution in [0.15, 0.2) is 18.2 Å². The quantitative estimate of drug-likeness (QED) is 0.338. The number of hydrazine groups is 1. The average Bonchev–Trinajstić information content (AvgIpc) is 2.56. The fourth-order valence-electron chi connectivity index (χ4n) is 2.80. The number of nitrogens with one attached hydrogen (secondary N) is 1. The summed E-state index contributed by atoms with van der Waals surface area (Å²) < 4.78 is 5.06. The molecule has 3 rings (SSSR count). The number of nitro groups is 1. The van der Waals surface area contributed by atoms with E-state index in [1.807, 2.05) is 12.1 Å². The maximum Gasteiger partial charge on any atom is 0.331 e. The summed E-state index contributed by atoms with van der Waals surface area (Å²) in [5.41, 5.74) is 3.14. The van der Waals surface area contributed by atoms with Gasteiger partial charge in [0, 0.05) is 32.2 Å². The highest BCUT2D eigenvalue weighted by Crippen LogP contribution is 2.34. The summed E-state index contributed by atoms with van der Waals surface area (Å²) in [5.74, 6) is -0.707. The van der Waals surface area contributed by atoms with Crippen molar-refractivity contribution in [3.63, 3.8) is 0 Å². The molecular formula is C15H19N5O5. The highest BCUT2D eigenvalue weighted by molar-refractivity contribution is 5.89. The van der Waals surface area contributed by atoms with Crippen molar-refractivity contribution in [3.05, 3.63) is 28.3 Å². The molecule has 2 aliphatic heterocycles. The third-order valence-electron chi connectivity index (χ3n) is 4.16. The normalized spacial score (nSPS) is 18.4. The molecule has 10 heteroatoms. The second-order valence-electron chi connectivity index (χ2n) is 6.06. The Kier molecular flexibility index (Phi) is 4.81. The van der Waals surface area contributed by atoms with E-state index in [9.17, 15) is 19.7 Å². The molecule has 1 saturated heterocycles. The van der Waals surface area contributed by atoms with Crippen molar-refractivity contribution < 1.29 is 19.2 Å². The molecule has 1 aromatic carbocycles. The molecule has 1 N–H and O–H groups in total. The number of non-ortho nitro benzene ring substituents is 1. The Morgan fingerprint density at radius 3 is 2.72 bits per heavy atom. The molecule has 0 spiro atoms. The van der Waals surface area contributed by atoms with Gasteiger partial charge in [-0.2, -0.15) is 0 Å². The van der Waals surface area contributed by atoms with Gasteiger partial charge in [-0.1, -0.05) is 0 Å². The number of benzene rings is 1. The number of piperazine rings is 1. The van der Waals surface area contributed by atoms with Gasteiger partial charge in [-0.05, 0) is 13.1 Å². The predicted molar refractivity (Wildman–Crippen MR) is 88.2 cm³/mol. The average molecular weight is 349 g/mol. The number of likely N-dealkylation sites (N-methyl/N-ethyl adjacent to an activating group) is 1. The summed E-state index contributed by atoms with van der Waals surface area (Å²) >= 11 is 0. The van der Waals surface area contributed by atoms with E-state index < -0.39 is 10.9 Å². The second-order valence-corrected chi connectivity index (χ2v) is 6.06. The topological polar surface area (TPSA) is 108 Å². The molecule has 25 heavy (non-hydrogen) atoms. The summed E-state index contributed by atoms with van der Waals surface area (Å²) in [6, 6.07) is 4.00. The number of anilines is 1. The fraction of sp³-hybridized carbons (Fsp3) is 0.467. The molecule has 0 atom stereocenters. The van der Waals surface area contributed by atoms with Crippen LogP contribution in [0.3, 0.4) is 0 Å². The molecule has 0 aliphatic carbocycles. The van der Waals surface area contributed by atoms with Crippen LogP contribution in [0, 0.1) is 10.1 Å². The van der Waals surface area contributed by atoms with Crippen molar-refractivity contribution in [1.29, 1.82) is 0 Å². The zero-order valence-electron chi connectivity index (χ0n) is 13.8. The zero-order chi connectivity index (χ0) is 18.0. The minimum absolute atomic E-state index is 0.0355. The Morgan fingerprint density at radius 2 is 2.04 bits per heavy atom. The first-order valence-electron chi connectivity index (χ1n) is 7.89. The molecule has 1 fully saturated rings. The van der Waals surface area contributed by atoms with Gasteiger partial charge >= 0.3 is 5.97 Å². The highest BCUT2D eigenvalue weighted by Gasteiger charge is 2.28. The molecule has 0 aromatic heterocycles. The lowest BCUT2D eigenvalue weighted by molar-refractivity contribution is -0.384. The van der Waals surface area contributed by atoms with Crippen LogP contribution in [0.2, 0.25) is 0 Å². The number of nitro benzene ring substituents is 1. The Labute approximate surface area is 144 Å². The van der Waals surface area contributed by atoms with E-state index in [0.29, 0.717) is 5.69 Å². The van der Waals surface area contributed by atoms with E-state index in [-0.39, 0.29) is 30.4 Å². The van der Waals surface area contributed by atoms with E-state index >= 15 is 0 Å². The van der Waals surface area contributed by atoms with E-state index in [4.69, 9.17) is 4.74 Å². The Hall–Kier alpha value is -2.72. The lowest BCUT2D eigenvalue weighted by atomic mass is 10.2. The number of rotatable bonds is 4. The van der Waals surface area contributed by atoms with Gasteiger partial charge < -0.3 is 14.5 Å². The molecule has 0 unspecified atom stereocenters. The first kappa shape index (κ1) is 17.1. The Bertz CT molecular complexity index is 702. The van der Waals surface area contributed by atoms with Crippen molar-refractivity contribution in [2.45, 2.75) is 0 Å². The minimum Gasteiger partial charge on any atom is -0.423 e. The number of carbonyl (C=O) groups is 2. The van der Waals surface area contributed by atoms with Crippen LogP contribution in [-0.4, -0.2) is 73.0 Å². The molecule has 134 valence electrons. The SMILES string of the molecule is CN1CCN(NC(=O)CN2CC(=O)Oc3cc([N+](=O)[O-])ccc32)CC1. The van der Waals surface area contributed by atoms with Crippen LogP contribution in [0.4, 0.5) is 11.4 Å². The Balaban J connectivity index is 1.67. The number of esters is 1. The molecule has 0 bridgehead atoms. The van der Waals surface area contributed by atoms with Gasteiger partial charge in [0.1, 0.15) is 6.54 Å². The van der Waals surface area contributed by atoms with Crippen LogP contribution in [0.1, 0.15) is 0 Å². The third-order valence-corrected chi connectivity index (χ3v) is 4.16. The highest BCUT2D eigenvalue weighted by atomic mass is 16.6. The lowest BCUT2D eigenvalue weighted by Gasteiger charge is -2.34. The molecular weight excluding hydrogens is 330 g/mol. The predicted octanol–water partition coefficient (Wildman–Crippen LogP) is -0.401. The summed E-state index contributed by atoms with van der Waals surface area (Å²) in [7, 11) is 2.02. The molecule has 2 aliphatic rings. The lowest BCUT2D eigenvalue weighted by Crippen LogP contribution is -2.54. The number of carbonyl (C=O) groups excluding carboxylic acids is 2. The van der Waals surface area contributed by atoms with Gasteiger partial charge in [-0.25, -0.2) is 9.80 Å². The van der Waals surface area contributed by atoms with E-state index in [2.05, 4.69) is 10.3 Å². The van der Waals surface area contributed by atoms with Crippen LogP contribution in [0.5, 0.6) is 5.75 Å². The zero-order valence-corrected chi connectivity index (χ0v) is 13.8. The molecule has 0 radical (unpaired) electrons. The van der Waals surface area contributed by atoms with Crippen molar-refractivity contribution in [1.82, 2.24) is 15.3 Å². The number of ether oxygens (including phenoxy) is 1. The Morgan fingerprint density at radius 1 is 1.32 bits per heavy atom. The maximum absolute atomic E-state index is 12.3. The summed E-state index contributed by atoms with van der Waals surface area (Å²) in [6.07, 6.45) is 0.